The van der Waals surface area contributed by atoms with Crippen LogP contribution in [0, 0.1) is 0 Å². The number of rotatable bonds is 8. The third kappa shape index (κ3) is 7.72. The minimum atomic E-state index is -0.632. The normalized spacial score (nSPS) is 19.1. The first-order valence-electron chi connectivity index (χ1n) is 14.6. The fraction of sp³-hybridized carbons (Fsp3) is 0.562. The maximum atomic E-state index is 13.0. The molecule has 2 aromatic rings. The molecule has 0 spiro atoms. The van der Waals surface area contributed by atoms with Crippen molar-refractivity contribution in [2.24, 2.45) is 0 Å². The summed E-state index contributed by atoms with van der Waals surface area (Å²) in [5, 5.41) is 1.43. The monoisotopic (exact) mass is 582 g/mol. The maximum Gasteiger partial charge on any atom is 0.329 e. The Morgan fingerprint density at radius 2 is 1.05 bits per heavy atom. The van der Waals surface area contributed by atoms with Gasteiger partial charge in [0, 0.05) is 23.9 Å². The number of hydrogen-bond acceptors (Lipinski definition) is 8. The van der Waals surface area contributed by atoms with Gasteiger partial charge in [0.25, 0.3) is 11.8 Å². The molecule has 10 heteroatoms. The molecule has 2 aromatic carbocycles. The predicted molar refractivity (Wildman–Crippen MR) is 156 cm³/mol. The van der Waals surface area contributed by atoms with Crippen molar-refractivity contribution in [3.8, 4) is 11.5 Å². The number of carbonyl (C=O) groups is 4. The molecule has 2 heterocycles. The molecule has 0 radical (unpaired) electrons. The zero-order valence-corrected chi connectivity index (χ0v) is 25.4. The van der Waals surface area contributed by atoms with Gasteiger partial charge in [0.2, 0.25) is 0 Å². The van der Waals surface area contributed by atoms with Gasteiger partial charge in [-0.25, -0.2) is 9.59 Å². The van der Waals surface area contributed by atoms with Crippen molar-refractivity contribution < 1.29 is 38.1 Å². The van der Waals surface area contributed by atoms with Crippen LogP contribution >= 0.6 is 0 Å². The van der Waals surface area contributed by atoms with Crippen LogP contribution in [0.5, 0.6) is 11.5 Å². The molecule has 10 nitrogen and oxygen atoms in total. The number of likely N-dealkylation sites (tertiary alicyclic amines) is 2. The third-order valence-corrected chi connectivity index (χ3v) is 7.05. The summed E-state index contributed by atoms with van der Waals surface area (Å²) in [7, 11) is 0. The van der Waals surface area contributed by atoms with Gasteiger partial charge in [-0.05, 0) is 79.4 Å². The van der Waals surface area contributed by atoms with Crippen LogP contribution in [0.15, 0.2) is 36.4 Å². The van der Waals surface area contributed by atoms with E-state index in [1.54, 1.807) is 65.8 Å². The van der Waals surface area contributed by atoms with Gasteiger partial charge in [-0.1, -0.05) is 24.3 Å². The summed E-state index contributed by atoms with van der Waals surface area (Å²) in [6, 6.07) is 9.56. The molecule has 0 N–H and O–H groups in total. The zero-order chi connectivity index (χ0) is 30.7. The van der Waals surface area contributed by atoms with Gasteiger partial charge in [-0.15, -0.1) is 0 Å². The molecule has 2 amide bonds. The molecule has 2 fully saturated rings. The molecule has 42 heavy (non-hydrogen) atoms. The summed E-state index contributed by atoms with van der Waals surface area (Å²) in [6.07, 6.45) is 2.56. The van der Waals surface area contributed by atoms with Gasteiger partial charge in [0.1, 0.15) is 34.8 Å². The molecule has 2 aliphatic rings. The molecule has 2 unspecified atom stereocenters. The Morgan fingerprint density at radius 3 is 1.40 bits per heavy atom. The van der Waals surface area contributed by atoms with E-state index in [4.69, 9.17) is 18.9 Å². The average Bonchev–Trinajstić information content (AvgIpc) is 3.59. The minimum absolute atomic E-state index is 0.233. The molecular formula is C32H42N2O8. The van der Waals surface area contributed by atoms with E-state index in [1.807, 2.05) is 12.1 Å². The van der Waals surface area contributed by atoms with Gasteiger partial charge in [-0.3, -0.25) is 9.59 Å². The molecule has 228 valence electrons. The number of benzene rings is 2. The Labute approximate surface area is 247 Å². The van der Waals surface area contributed by atoms with Crippen molar-refractivity contribution in [2.75, 3.05) is 26.3 Å². The van der Waals surface area contributed by atoms with Crippen LogP contribution in [-0.4, -0.2) is 83.1 Å². The number of amides is 2. The van der Waals surface area contributed by atoms with Crippen molar-refractivity contribution >= 4 is 34.5 Å². The summed E-state index contributed by atoms with van der Waals surface area (Å²) in [4.78, 5) is 54.4. The second-order valence-electron chi connectivity index (χ2n) is 12.7. The predicted octanol–water partition coefficient (Wildman–Crippen LogP) is 4.26. The van der Waals surface area contributed by atoms with Crippen LogP contribution < -0.4 is 9.47 Å². The summed E-state index contributed by atoms with van der Waals surface area (Å²) >= 11 is 0. The summed E-state index contributed by atoms with van der Waals surface area (Å²) in [5.74, 6) is -0.417. The van der Waals surface area contributed by atoms with Crippen LogP contribution in [0.4, 0.5) is 0 Å². The number of hydrogen-bond donors (Lipinski definition) is 0. The Balaban J connectivity index is 1.40. The fourth-order valence-electron chi connectivity index (χ4n) is 5.31. The van der Waals surface area contributed by atoms with Crippen molar-refractivity contribution in [1.29, 1.82) is 0 Å². The quantitative estimate of drug-likeness (QED) is 0.425. The highest BCUT2D eigenvalue weighted by molar-refractivity contribution is 5.94. The van der Waals surface area contributed by atoms with Gasteiger partial charge in [0.15, 0.2) is 13.2 Å². The van der Waals surface area contributed by atoms with Crippen molar-refractivity contribution in [3.63, 3.8) is 0 Å². The topological polar surface area (TPSA) is 112 Å². The molecule has 2 saturated heterocycles. The van der Waals surface area contributed by atoms with Gasteiger partial charge in [-0.2, -0.15) is 0 Å². The lowest BCUT2D eigenvalue weighted by Gasteiger charge is -2.27. The summed E-state index contributed by atoms with van der Waals surface area (Å²) in [6.45, 7) is 11.3. The SMILES string of the molecule is CC(C)(C)OC(=O)C1CCCN1C(=O)COc1cccc2c(OCC(=O)N3CCCC3C(=O)OC(C)(C)C)cccc12. The number of nitrogens with zero attached hydrogens (tertiary/aromatic N) is 2. The number of ether oxygens (including phenoxy) is 4. The van der Waals surface area contributed by atoms with Gasteiger partial charge >= 0.3 is 11.9 Å². The Kier molecular flexibility index (Phi) is 9.33. The largest absolute Gasteiger partial charge is 0.483 e. The molecule has 4 rings (SSSR count). The number of fused-ring (bicyclic) bond motifs is 1. The second-order valence-corrected chi connectivity index (χ2v) is 12.7. The Hall–Kier alpha value is -3.82. The highest BCUT2D eigenvalue weighted by Crippen LogP contribution is 2.33. The summed E-state index contributed by atoms with van der Waals surface area (Å²) in [5.41, 5.74) is -1.26. The molecule has 2 aliphatic heterocycles. The van der Waals surface area contributed by atoms with Gasteiger partial charge < -0.3 is 28.7 Å². The second kappa shape index (κ2) is 12.6. The molecule has 0 aromatic heterocycles. The van der Waals surface area contributed by atoms with Crippen molar-refractivity contribution in [1.82, 2.24) is 9.80 Å². The smallest absolute Gasteiger partial charge is 0.329 e. The molecule has 0 saturated carbocycles. The van der Waals surface area contributed by atoms with E-state index in [0.29, 0.717) is 48.2 Å². The number of esters is 2. The van der Waals surface area contributed by atoms with E-state index in [9.17, 15) is 19.2 Å². The van der Waals surface area contributed by atoms with E-state index in [2.05, 4.69) is 0 Å². The van der Waals surface area contributed by atoms with Crippen LogP contribution in [0.25, 0.3) is 10.8 Å². The third-order valence-electron chi connectivity index (χ3n) is 7.05. The fourth-order valence-corrected chi connectivity index (χ4v) is 5.31. The Morgan fingerprint density at radius 1 is 0.667 bits per heavy atom. The van der Waals surface area contributed by atoms with Crippen LogP contribution in [0.3, 0.4) is 0 Å². The Bertz CT molecular complexity index is 1220. The first-order chi connectivity index (χ1) is 19.7. The lowest BCUT2D eigenvalue weighted by atomic mass is 10.1. The van der Waals surface area contributed by atoms with E-state index in [1.165, 1.54) is 9.80 Å². The summed E-state index contributed by atoms with van der Waals surface area (Å²) < 4.78 is 22.9. The maximum absolute atomic E-state index is 13.0. The minimum Gasteiger partial charge on any atom is -0.483 e. The van der Waals surface area contributed by atoms with E-state index >= 15 is 0 Å². The van der Waals surface area contributed by atoms with Crippen LogP contribution in [0.2, 0.25) is 0 Å². The first kappa shape index (κ1) is 31.1. The highest BCUT2D eigenvalue weighted by atomic mass is 16.6. The van der Waals surface area contributed by atoms with Gasteiger partial charge in [0.05, 0.1) is 0 Å². The van der Waals surface area contributed by atoms with E-state index in [-0.39, 0.29) is 25.0 Å². The van der Waals surface area contributed by atoms with E-state index in [0.717, 1.165) is 12.8 Å². The van der Waals surface area contributed by atoms with E-state index < -0.39 is 35.2 Å². The molecule has 0 aliphatic carbocycles. The highest BCUT2D eigenvalue weighted by Gasteiger charge is 2.38. The lowest BCUT2D eigenvalue weighted by Crippen LogP contribution is -2.45. The molecule has 2 atom stereocenters. The zero-order valence-electron chi connectivity index (χ0n) is 25.4. The standard InChI is InChI=1S/C32H42N2O8/c1-31(2,3)41-29(37)23-13-9-17-33(23)27(35)19-39-25-15-7-12-22-21(25)11-8-16-26(22)40-20-28(36)34-18-10-14-24(34)30(38)42-32(4,5)6/h7-8,11-12,15-16,23-24H,9-10,13-14,17-20H2,1-6H3. The average molecular weight is 583 g/mol. The molecule has 0 bridgehead atoms. The number of carbonyl (C=O) groups excluding carboxylic acids is 4. The van der Waals surface area contributed by atoms with Crippen LogP contribution in [0.1, 0.15) is 67.2 Å². The van der Waals surface area contributed by atoms with Crippen molar-refractivity contribution in [2.45, 2.75) is 90.5 Å². The first-order valence-corrected chi connectivity index (χ1v) is 14.6. The lowest BCUT2D eigenvalue weighted by molar-refractivity contribution is -0.164. The van der Waals surface area contributed by atoms with Crippen molar-refractivity contribution in [3.05, 3.63) is 36.4 Å². The molecular weight excluding hydrogens is 540 g/mol. The van der Waals surface area contributed by atoms with Crippen LogP contribution in [-0.2, 0) is 28.7 Å².